The Balaban J connectivity index is 0.000000461. The molecule has 3 nitrogen and oxygen atoms in total. The summed E-state index contributed by atoms with van der Waals surface area (Å²) in [6.07, 6.45) is 5.09. The summed E-state index contributed by atoms with van der Waals surface area (Å²) >= 11 is 3.37. The van der Waals surface area contributed by atoms with Crippen molar-refractivity contribution in [3.8, 4) is 0 Å². The van der Waals surface area contributed by atoms with Crippen LogP contribution in [0.2, 0.25) is 0 Å². The van der Waals surface area contributed by atoms with Crippen molar-refractivity contribution >= 4 is 27.0 Å². The number of nitrogens with zero attached hydrogens (tertiary/aromatic N) is 3. The van der Waals surface area contributed by atoms with Gasteiger partial charge in [-0.1, -0.05) is 13.8 Å². The molecule has 0 fully saturated rings. The molecule has 0 aliphatic carbocycles. The summed E-state index contributed by atoms with van der Waals surface area (Å²) in [7, 11) is 0. The molecular formula is C10H12BrN3. The molecule has 0 atom stereocenters. The summed E-state index contributed by atoms with van der Waals surface area (Å²) in [6, 6.07) is 0. The van der Waals surface area contributed by atoms with Crippen molar-refractivity contribution in [2.45, 2.75) is 20.8 Å². The van der Waals surface area contributed by atoms with Crippen LogP contribution in [0.1, 0.15) is 19.5 Å². The Morgan fingerprint density at radius 3 is 2.14 bits per heavy atom. The molecule has 0 aliphatic rings. The second-order valence-electron chi connectivity index (χ2n) is 2.45. The van der Waals surface area contributed by atoms with Crippen LogP contribution in [0.25, 0.3) is 11.0 Å². The summed E-state index contributed by atoms with van der Waals surface area (Å²) in [5.74, 6) is 0. The third-order valence-electron chi connectivity index (χ3n) is 1.64. The van der Waals surface area contributed by atoms with E-state index in [4.69, 9.17) is 0 Å². The Morgan fingerprint density at radius 1 is 1.00 bits per heavy atom. The third-order valence-corrected chi connectivity index (χ3v) is 2.22. The molecule has 0 amide bonds. The SMILES string of the molecule is CC.Cc1ncc(Br)c2nccnc12. The monoisotopic (exact) mass is 253 g/mol. The molecule has 2 heterocycles. The number of halogens is 1. The van der Waals surface area contributed by atoms with E-state index < -0.39 is 0 Å². The highest BCUT2D eigenvalue weighted by Gasteiger charge is 2.03. The number of hydrogen-bond donors (Lipinski definition) is 0. The van der Waals surface area contributed by atoms with E-state index in [1.165, 1.54) is 0 Å². The van der Waals surface area contributed by atoms with Gasteiger partial charge in [0, 0.05) is 18.6 Å². The third kappa shape index (κ3) is 2.07. The normalized spacial score (nSPS) is 9.43. The van der Waals surface area contributed by atoms with Gasteiger partial charge in [-0.2, -0.15) is 0 Å². The minimum Gasteiger partial charge on any atom is -0.258 e. The van der Waals surface area contributed by atoms with Crippen molar-refractivity contribution in [1.82, 2.24) is 15.0 Å². The zero-order valence-corrected chi connectivity index (χ0v) is 10.0. The summed E-state index contributed by atoms with van der Waals surface area (Å²) in [5.41, 5.74) is 2.62. The maximum absolute atomic E-state index is 4.19. The average molecular weight is 254 g/mol. The number of fused-ring (bicyclic) bond motifs is 1. The second kappa shape index (κ2) is 5.00. The zero-order chi connectivity index (χ0) is 10.6. The minimum atomic E-state index is 0.854. The van der Waals surface area contributed by atoms with Crippen LogP contribution in [0.15, 0.2) is 23.1 Å². The van der Waals surface area contributed by atoms with Gasteiger partial charge in [0.25, 0.3) is 0 Å². The van der Waals surface area contributed by atoms with E-state index in [1.54, 1.807) is 18.6 Å². The van der Waals surface area contributed by atoms with Gasteiger partial charge in [-0.05, 0) is 22.9 Å². The highest BCUT2D eigenvalue weighted by Crippen LogP contribution is 2.20. The van der Waals surface area contributed by atoms with Gasteiger partial charge in [-0.3, -0.25) is 15.0 Å². The van der Waals surface area contributed by atoms with Crippen molar-refractivity contribution < 1.29 is 0 Å². The molecule has 0 N–H and O–H groups in total. The Hall–Kier alpha value is -1.03. The van der Waals surface area contributed by atoms with Crippen molar-refractivity contribution in [2.24, 2.45) is 0 Å². The fourth-order valence-electron chi connectivity index (χ4n) is 1.05. The molecule has 0 aromatic carbocycles. The first-order chi connectivity index (χ1) is 6.79. The van der Waals surface area contributed by atoms with Crippen LogP contribution in [0, 0.1) is 6.92 Å². The Bertz CT molecular complexity index is 388. The molecule has 14 heavy (non-hydrogen) atoms. The molecule has 0 radical (unpaired) electrons. The lowest BCUT2D eigenvalue weighted by molar-refractivity contribution is 1.17. The molecule has 2 aromatic rings. The minimum absolute atomic E-state index is 0.854. The quantitative estimate of drug-likeness (QED) is 0.725. The summed E-state index contributed by atoms with van der Waals surface area (Å²) in [4.78, 5) is 12.5. The topological polar surface area (TPSA) is 38.7 Å². The predicted octanol–water partition coefficient (Wildman–Crippen LogP) is 3.12. The lowest BCUT2D eigenvalue weighted by atomic mass is 10.3. The van der Waals surface area contributed by atoms with Crippen molar-refractivity contribution in [2.75, 3.05) is 0 Å². The molecular weight excluding hydrogens is 242 g/mol. The summed E-state index contributed by atoms with van der Waals surface area (Å²) < 4.78 is 0.885. The standard InChI is InChI=1S/C8H6BrN3.C2H6/c1-5-7-8(6(9)4-12-5)11-3-2-10-7;1-2/h2-4H,1H3;1-2H3. The van der Waals surface area contributed by atoms with E-state index >= 15 is 0 Å². The fraction of sp³-hybridized carbons (Fsp3) is 0.300. The van der Waals surface area contributed by atoms with Gasteiger partial charge in [0.1, 0.15) is 11.0 Å². The van der Waals surface area contributed by atoms with E-state index in [2.05, 4.69) is 30.9 Å². The molecule has 0 spiro atoms. The Labute approximate surface area is 91.7 Å². The first kappa shape index (κ1) is 11.0. The van der Waals surface area contributed by atoms with Gasteiger partial charge >= 0.3 is 0 Å². The van der Waals surface area contributed by atoms with E-state index in [1.807, 2.05) is 20.8 Å². The highest BCUT2D eigenvalue weighted by atomic mass is 79.9. The van der Waals surface area contributed by atoms with E-state index in [0.29, 0.717) is 0 Å². The van der Waals surface area contributed by atoms with Gasteiger partial charge in [0.05, 0.1) is 10.2 Å². The number of hydrogen-bond acceptors (Lipinski definition) is 3. The molecule has 2 rings (SSSR count). The zero-order valence-electron chi connectivity index (χ0n) is 8.45. The van der Waals surface area contributed by atoms with Crippen LogP contribution in [-0.2, 0) is 0 Å². The van der Waals surface area contributed by atoms with Crippen LogP contribution in [0.4, 0.5) is 0 Å². The van der Waals surface area contributed by atoms with Gasteiger partial charge in [0.2, 0.25) is 0 Å². The van der Waals surface area contributed by atoms with Crippen LogP contribution >= 0.6 is 15.9 Å². The number of pyridine rings is 1. The van der Waals surface area contributed by atoms with Gasteiger partial charge < -0.3 is 0 Å². The molecule has 4 heteroatoms. The number of rotatable bonds is 0. The van der Waals surface area contributed by atoms with Crippen molar-refractivity contribution in [1.29, 1.82) is 0 Å². The maximum Gasteiger partial charge on any atom is 0.111 e. The first-order valence-corrected chi connectivity index (χ1v) is 5.30. The highest BCUT2D eigenvalue weighted by molar-refractivity contribution is 9.10. The fourth-order valence-corrected chi connectivity index (χ4v) is 1.45. The molecule has 2 aromatic heterocycles. The summed E-state index contributed by atoms with van der Waals surface area (Å²) in [6.45, 7) is 5.92. The Kier molecular flexibility index (Phi) is 3.95. The van der Waals surface area contributed by atoms with Gasteiger partial charge in [-0.25, -0.2) is 0 Å². The van der Waals surface area contributed by atoms with Crippen LogP contribution in [0.3, 0.4) is 0 Å². The molecule has 0 unspecified atom stereocenters. The van der Waals surface area contributed by atoms with Gasteiger partial charge in [-0.15, -0.1) is 0 Å². The predicted molar refractivity (Wildman–Crippen MR) is 61.1 cm³/mol. The smallest absolute Gasteiger partial charge is 0.111 e. The average Bonchev–Trinajstić information content (AvgIpc) is 2.27. The van der Waals surface area contributed by atoms with Crippen LogP contribution in [0.5, 0.6) is 0 Å². The molecule has 0 saturated heterocycles. The molecule has 0 bridgehead atoms. The first-order valence-electron chi connectivity index (χ1n) is 4.51. The van der Waals surface area contributed by atoms with Crippen molar-refractivity contribution in [3.05, 3.63) is 28.8 Å². The lowest BCUT2D eigenvalue weighted by Gasteiger charge is -1.99. The Morgan fingerprint density at radius 2 is 1.57 bits per heavy atom. The molecule has 0 aliphatic heterocycles. The number of aryl methyl sites for hydroxylation is 1. The molecule has 74 valence electrons. The van der Waals surface area contributed by atoms with E-state index in [0.717, 1.165) is 21.2 Å². The van der Waals surface area contributed by atoms with Crippen LogP contribution < -0.4 is 0 Å². The molecule has 0 saturated carbocycles. The maximum atomic E-state index is 4.19. The van der Waals surface area contributed by atoms with Gasteiger partial charge in [0.15, 0.2) is 0 Å². The van der Waals surface area contributed by atoms with Crippen LogP contribution in [-0.4, -0.2) is 15.0 Å². The van der Waals surface area contributed by atoms with E-state index in [-0.39, 0.29) is 0 Å². The summed E-state index contributed by atoms with van der Waals surface area (Å²) in [5, 5.41) is 0. The van der Waals surface area contributed by atoms with E-state index in [9.17, 15) is 0 Å². The lowest BCUT2D eigenvalue weighted by Crippen LogP contribution is -1.89. The largest absolute Gasteiger partial charge is 0.258 e. The second-order valence-corrected chi connectivity index (χ2v) is 3.30. The number of aromatic nitrogens is 3. The van der Waals surface area contributed by atoms with Crippen molar-refractivity contribution in [3.63, 3.8) is 0 Å².